The first-order valence-electron chi connectivity index (χ1n) is 8.23. The van der Waals surface area contributed by atoms with Crippen LogP contribution in [0, 0.1) is 0 Å². The predicted octanol–water partition coefficient (Wildman–Crippen LogP) is 4.57. The molecule has 140 valence electrons. The second-order valence-corrected chi connectivity index (χ2v) is 5.85. The Labute approximate surface area is 156 Å². The highest BCUT2D eigenvalue weighted by atomic mass is 16.7. The molecule has 0 unspecified atom stereocenters. The van der Waals surface area contributed by atoms with Gasteiger partial charge < -0.3 is 23.4 Å². The predicted molar refractivity (Wildman–Crippen MR) is 101 cm³/mol. The molecule has 0 aliphatic rings. The van der Waals surface area contributed by atoms with E-state index in [4.69, 9.17) is 23.4 Å². The fraction of sp³-hybridized carbons (Fsp3) is 0.190. The molecule has 0 aliphatic carbocycles. The zero-order valence-electron chi connectivity index (χ0n) is 15.4. The van der Waals surface area contributed by atoms with Gasteiger partial charge in [0.05, 0.1) is 19.8 Å². The van der Waals surface area contributed by atoms with Crippen LogP contribution in [0.15, 0.2) is 59.0 Å². The summed E-state index contributed by atoms with van der Waals surface area (Å²) in [6.45, 7) is 4.89. The Balaban J connectivity index is 1.82. The number of rotatable bonds is 7. The van der Waals surface area contributed by atoms with Crippen molar-refractivity contribution in [2.24, 2.45) is 0 Å². The van der Waals surface area contributed by atoms with Gasteiger partial charge in [-0.3, -0.25) is 0 Å². The standard InChI is InChI=1S/C21H20O6/c1-13(2)21(22)26-12-25-16-6-5-14-9-20(27-18(14)11-16)17-8-7-15(23-3)10-19(17)24-4/h5-11H,1,12H2,2-4H3. The van der Waals surface area contributed by atoms with Crippen molar-refractivity contribution in [2.45, 2.75) is 6.92 Å². The number of furan rings is 1. The van der Waals surface area contributed by atoms with Crippen molar-refractivity contribution in [1.82, 2.24) is 0 Å². The number of esters is 1. The van der Waals surface area contributed by atoms with E-state index in [-0.39, 0.29) is 6.79 Å². The average Bonchev–Trinajstić information content (AvgIpc) is 3.10. The third-order valence-corrected chi connectivity index (χ3v) is 3.93. The molecule has 0 saturated carbocycles. The van der Waals surface area contributed by atoms with Gasteiger partial charge in [-0.1, -0.05) is 6.58 Å². The minimum atomic E-state index is -0.497. The lowest BCUT2D eigenvalue weighted by molar-refractivity contribution is -0.145. The van der Waals surface area contributed by atoms with Crippen LogP contribution in [0.5, 0.6) is 17.2 Å². The number of hydrogen-bond acceptors (Lipinski definition) is 6. The third-order valence-electron chi connectivity index (χ3n) is 3.93. The summed E-state index contributed by atoms with van der Waals surface area (Å²) >= 11 is 0. The molecule has 0 amide bonds. The van der Waals surface area contributed by atoms with Gasteiger partial charge in [0.2, 0.25) is 6.79 Å². The van der Waals surface area contributed by atoms with Crippen LogP contribution in [0.2, 0.25) is 0 Å². The number of fused-ring (bicyclic) bond motifs is 1. The van der Waals surface area contributed by atoms with Crippen LogP contribution in [0.4, 0.5) is 0 Å². The molecule has 0 atom stereocenters. The summed E-state index contributed by atoms with van der Waals surface area (Å²) in [6, 6.07) is 12.8. The minimum absolute atomic E-state index is 0.197. The van der Waals surface area contributed by atoms with Crippen molar-refractivity contribution >= 4 is 16.9 Å². The van der Waals surface area contributed by atoms with Gasteiger partial charge >= 0.3 is 5.97 Å². The van der Waals surface area contributed by atoms with Gasteiger partial charge in [0.1, 0.15) is 28.6 Å². The quantitative estimate of drug-likeness (QED) is 0.346. The third kappa shape index (κ3) is 4.06. The minimum Gasteiger partial charge on any atom is -0.497 e. The Morgan fingerprint density at radius 1 is 1.04 bits per heavy atom. The van der Waals surface area contributed by atoms with Crippen LogP contribution in [-0.2, 0) is 9.53 Å². The Bertz CT molecular complexity index is 986. The van der Waals surface area contributed by atoms with E-state index in [1.54, 1.807) is 39.3 Å². The molecule has 6 heteroatoms. The van der Waals surface area contributed by atoms with Crippen molar-refractivity contribution < 1.29 is 28.2 Å². The van der Waals surface area contributed by atoms with Crippen molar-refractivity contribution in [3.63, 3.8) is 0 Å². The van der Waals surface area contributed by atoms with Gasteiger partial charge in [-0.05, 0) is 37.3 Å². The molecule has 0 spiro atoms. The van der Waals surface area contributed by atoms with Gasteiger partial charge in [0.15, 0.2) is 0 Å². The van der Waals surface area contributed by atoms with E-state index in [9.17, 15) is 4.79 Å². The molecule has 2 aromatic carbocycles. The molecular weight excluding hydrogens is 348 g/mol. The summed E-state index contributed by atoms with van der Waals surface area (Å²) in [5.74, 6) is 2.04. The molecule has 0 aliphatic heterocycles. The van der Waals surface area contributed by atoms with Crippen LogP contribution in [0.3, 0.4) is 0 Å². The number of hydrogen-bond donors (Lipinski definition) is 0. The van der Waals surface area contributed by atoms with Gasteiger partial charge in [-0.15, -0.1) is 0 Å². The molecule has 0 fully saturated rings. The number of methoxy groups -OCH3 is 2. The zero-order chi connectivity index (χ0) is 19.4. The molecule has 0 N–H and O–H groups in total. The smallest absolute Gasteiger partial charge is 0.335 e. The molecule has 0 bridgehead atoms. The average molecular weight is 368 g/mol. The first kappa shape index (κ1) is 18.4. The van der Waals surface area contributed by atoms with Crippen LogP contribution < -0.4 is 14.2 Å². The largest absolute Gasteiger partial charge is 0.497 e. The molecule has 1 heterocycles. The van der Waals surface area contributed by atoms with Crippen molar-refractivity contribution in [2.75, 3.05) is 21.0 Å². The van der Waals surface area contributed by atoms with Crippen molar-refractivity contribution in [3.8, 4) is 28.6 Å². The van der Waals surface area contributed by atoms with E-state index in [0.717, 1.165) is 10.9 Å². The number of benzene rings is 2. The van der Waals surface area contributed by atoms with E-state index in [1.807, 2.05) is 24.3 Å². The maximum absolute atomic E-state index is 11.4. The Morgan fingerprint density at radius 2 is 1.81 bits per heavy atom. The Hall–Kier alpha value is -3.41. The van der Waals surface area contributed by atoms with E-state index >= 15 is 0 Å². The SMILES string of the molecule is C=C(C)C(=O)OCOc1ccc2cc(-c3ccc(OC)cc3OC)oc2c1. The summed E-state index contributed by atoms with van der Waals surface area (Å²) in [5.41, 5.74) is 1.78. The number of carbonyl (C=O) groups excluding carboxylic acids is 1. The van der Waals surface area contributed by atoms with Crippen LogP contribution in [0.25, 0.3) is 22.3 Å². The summed E-state index contributed by atoms with van der Waals surface area (Å²) in [5, 5.41) is 0.911. The van der Waals surface area contributed by atoms with Crippen LogP contribution in [0.1, 0.15) is 6.92 Å². The lowest BCUT2D eigenvalue weighted by Gasteiger charge is -2.08. The molecule has 27 heavy (non-hydrogen) atoms. The Morgan fingerprint density at radius 3 is 2.52 bits per heavy atom. The highest BCUT2D eigenvalue weighted by Gasteiger charge is 2.13. The summed E-state index contributed by atoms with van der Waals surface area (Å²) in [4.78, 5) is 11.4. The molecular formula is C21H20O6. The summed E-state index contributed by atoms with van der Waals surface area (Å²) in [6.07, 6.45) is 0. The maximum atomic E-state index is 11.4. The van der Waals surface area contributed by atoms with Crippen LogP contribution in [-0.4, -0.2) is 27.0 Å². The first-order valence-corrected chi connectivity index (χ1v) is 8.23. The monoisotopic (exact) mass is 368 g/mol. The highest BCUT2D eigenvalue weighted by molar-refractivity contribution is 5.87. The highest BCUT2D eigenvalue weighted by Crippen LogP contribution is 2.37. The lowest BCUT2D eigenvalue weighted by atomic mass is 10.1. The number of carbonyl (C=O) groups is 1. The van der Waals surface area contributed by atoms with E-state index < -0.39 is 5.97 Å². The fourth-order valence-electron chi connectivity index (χ4n) is 2.51. The second kappa shape index (κ2) is 7.86. The van der Waals surface area contributed by atoms with Gasteiger partial charge in [-0.2, -0.15) is 0 Å². The van der Waals surface area contributed by atoms with E-state index in [1.165, 1.54) is 0 Å². The maximum Gasteiger partial charge on any atom is 0.335 e. The summed E-state index contributed by atoms with van der Waals surface area (Å²) in [7, 11) is 3.20. The first-order chi connectivity index (χ1) is 13.0. The van der Waals surface area contributed by atoms with Crippen molar-refractivity contribution in [1.29, 1.82) is 0 Å². The van der Waals surface area contributed by atoms with E-state index in [2.05, 4.69) is 6.58 Å². The van der Waals surface area contributed by atoms with E-state index in [0.29, 0.717) is 34.2 Å². The van der Waals surface area contributed by atoms with Crippen LogP contribution >= 0.6 is 0 Å². The Kier molecular flexibility index (Phi) is 5.35. The molecule has 0 saturated heterocycles. The fourth-order valence-corrected chi connectivity index (χ4v) is 2.51. The molecule has 3 rings (SSSR count). The molecule has 3 aromatic rings. The summed E-state index contributed by atoms with van der Waals surface area (Å²) < 4.78 is 27.0. The van der Waals surface area contributed by atoms with Gasteiger partial charge in [-0.25, -0.2) is 4.79 Å². The topological polar surface area (TPSA) is 67.1 Å². The molecule has 0 radical (unpaired) electrons. The second-order valence-electron chi connectivity index (χ2n) is 5.85. The normalized spacial score (nSPS) is 10.5. The molecule has 1 aromatic heterocycles. The van der Waals surface area contributed by atoms with Crippen molar-refractivity contribution in [3.05, 3.63) is 54.6 Å². The number of ether oxygens (including phenoxy) is 4. The van der Waals surface area contributed by atoms with Gasteiger partial charge in [0.25, 0.3) is 0 Å². The lowest BCUT2D eigenvalue weighted by Crippen LogP contribution is -2.10. The van der Waals surface area contributed by atoms with Gasteiger partial charge in [0, 0.05) is 23.1 Å². The molecule has 6 nitrogen and oxygen atoms in total. The zero-order valence-corrected chi connectivity index (χ0v) is 15.4.